The van der Waals surface area contributed by atoms with E-state index < -0.39 is 8.60 Å². The average Bonchev–Trinajstić information content (AvgIpc) is 2.79. The molecule has 0 aliphatic rings. The maximum Gasteiger partial charge on any atom is 0.336 e. The lowest BCUT2D eigenvalue weighted by molar-refractivity contribution is 0.0730. The minimum absolute atomic E-state index is 0.0678. The number of hydrogen-bond acceptors (Lipinski definition) is 4. The maximum absolute atomic E-state index is 5.85. The Hall–Kier alpha value is -2.23. The number of benzene rings is 3. The van der Waals surface area contributed by atoms with E-state index in [2.05, 4.69) is 0 Å². The van der Waals surface area contributed by atoms with Gasteiger partial charge in [-0.05, 0) is 30.2 Å². The molecule has 0 aromatic heterocycles. The molecule has 0 fully saturated rings. The largest absolute Gasteiger partial charge is 0.467 e. The third kappa shape index (κ3) is 9.21. The van der Waals surface area contributed by atoms with Crippen molar-refractivity contribution >= 4 is 8.60 Å². The Morgan fingerprint density at radius 2 is 1.10 bits per heavy atom. The molecule has 4 nitrogen and oxygen atoms in total. The molecule has 3 rings (SSSR count). The highest BCUT2D eigenvalue weighted by atomic mass is 31.2. The van der Waals surface area contributed by atoms with Gasteiger partial charge < -0.3 is 13.8 Å². The van der Waals surface area contributed by atoms with Crippen LogP contribution in [0.4, 0.5) is 0 Å². The first-order valence-corrected chi connectivity index (χ1v) is 10.9. The van der Waals surface area contributed by atoms with Crippen LogP contribution < -0.4 is 4.74 Å². The zero-order valence-electron chi connectivity index (χ0n) is 17.3. The summed E-state index contributed by atoms with van der Waals surface area (Å²) in [5.41, 5.74) is 3.32. The van der Waals surface area contributed by atoms with Gasteiger partial charge in [-0.25, -0.2) is 0 Å². The molecule has 0 saturated carbocycles. The summed E-state index contributed by atoms with van der Waals surface area (Å²) >= 11 is 0. The Bertz CT molecular complexity index is 735. The molecule has 3 aromatic carbocycles. The molecule has 0 saturated heterocycles. The van der Waals surface area contributed by atoms with Gasteiger partial charge >= 0.3 is 8.60 Å². The molecule has 0 aliphatic heterocycles. The normalized spacial score (nSPS) is 10.3. The minimum atomic E-state index is -1.54. The summed E-state index contributed by atoms with van der Waals surface area (Å²) in [5, 5.41) is 0. The first-order valence-electron chi connectivity index (χ1n) is 9.76. The van der Waals surface area contributed by atoms with Crippen LogP contribution in [0.1, 0.15) is 30.5 Å². The third-order valence-electron chi connectivity index (χ3n) is 3.76. The van der Waals surface area contributed by atoms with E-state index in [0.717, 1.165) is 16.9 Å². The molecule has 29 heavy (non-hydrogen) atoms. The van der Waals surface area contributed by atoms with Crippen molar-refractivity contribution in [2.45, 2.75) is 34.0 Å². The summed E-state index contributed by atoms with van der Waals surface area (Å²) in [6.45, 7) is 6.95. The Kier molecular flexibility index (Phi) is 11.0. The molecule has 0 heterocycles. The van der Waals surface area contributed by atoms with Gasteiger partial charge in [-0.3, -0.25) is 4.52 Å². The molecule has 0 atom stereocenters. The van der Waals surface area contributed by atoms with Crippen molar-refractivity contribution in [2.75, 3.05) is 6.79 Å². The van der Waals surface area contributed by atoms with Crippen LogP contribution in [0.5, 0.6) is 5.75 Å². The Morgan fingerprint density at radius 3 is 1.59 bits per heavy atom. The van der Waals surface area contributed by atoms with Crippen LogP contribution in [-0.2, 0) is 26.8 Å². The lowest BCUT2D eigenvalue weighted by Gasteiger charge is -2.17. The predicted octanol–water partition coefficient (Wildman–Crippen LogP) is 7.03. The molecule has 5 heteroatoms. The van der Waals surface area contributed by atoms with Gasteiger partial charge in [-0.2, -0.15) is 0 Å². The van der Waals surface area contributed by atoms with E-state index in [4.69, 9.17) is 18.3 Å². The molecule has 0 amide bonds. The second-order valence-corrected chi connectivity index (χ2v) is 7.17. The molecular formula is C24H29O4P. The van der Waals surface area contributed by atoms with Crippen molar-refractivity contribution in [2.24, 2.45) is 0 Å². The fourth-order valence-corrected chi connectivity index (χ4v) is 3.16. The fourth-order valence-electron chi connectivity index (χ4n) is 2.29. The number of ether oxygens (including phenoxy) is 1. The summed E-state index contributed by atoms with van der Waals surface area (Å²) in [5.74, 6) is 0.752. The van der Waals surface area contributed by atoms with E-state index in [9.17, 15) is 0 Å². The van der Waals surface area contributed by atoms with Crippen LogP contribution >= 0.6 is 8.60 Å². The van der Waals surface area contributed by atoms with E-state index in [1.54, 1.807) is 0 Å². The first-order chi connectivity index (χ1) is 14.3. The second kappa shape index (κ2) is 13.9. The number of aryl methyl sites for hydroxylation is 1. The van der Waals surface area contributed by atoms with Gasteiger partial charge in [-0.15, -0.1) is 0 Å². The highest BCUT2D eigenvalue weighted by Gasteiger charge is 2.14. The zero-order valence-corrected chi connectivity index (χ0v) is 18.2. The van der Waals surface area contributed by atoms with Crippen molar-refractivity contribution < 1.29 is 18.3 Å². The zero-order chi connectivity index (χ0) is 20.7. The van der Waals surface area contributed by atoms with Crippen LogP contribution in [-0.4, -0.2) is 6.79 Å². The first kappa shape index (κ1) is 23.1. The molecule has 0 aliphatic carbocycles. The van der Waals surface area contributed by atoms with Crippen LogP contribution in [0, 0.1) is 6.92 Å². The van der Waals surface area contributed by atoms with Gasteiger partial charge in [0.2, 0.25) is 0 Å². The van der Waals surface area contributed by atoms with Gasteiger partial charge in [0.15, 0.2) is 6.79 Å². The SMILES string of the molecule is CC.Cc1ccc(OCOP(OCc2ccccc2)OCc2ccccc2)cc1. The highest BCUT2D eigenvalue weighted by Crippen LogP contribution is 2.41. The molecule has 3 aromatic rings. The Balaban J connectivity index is 0.00000145. The van der Waals surface area contributed by atoms with Gasteiger partial charge in [-0.1, -0.05) is 92.2 Å². The van der Waals surface area contributed by atoms with Crippen molar-refractivity contribution in [1.82, 2.24) is 0 Å². The predicted molar refractivity (Wildman–Crippen MR) is 118 cm³/mol. The highest BCUT2D eigenvalue weighted by molar-refractivity contribution is 7.41. The lowest BCUT2D eigenvalue weighted by atomic mass is 10.2. The summed E-state index contributed by atoms with van der Waals surface area (Å²) in [7, 11) is -1.54. The maximum atomic E-state index is 5.85. The summed E-state index contributed by atoms with van der Waals surface area (Å²) < 4.78 is 23.0. The molecule has 0 radical (unpaired) electrons. The summed E-state index contributed by atoms with van der Waals surface area (Å²) in [4.78, 5) is 0. The average molecular weight is 412 g/mol. The van der Waals surface area contributed by atoms with Gasteiger partial charge in [0.1, 0.15) is 5.75 Å². The van der Waals surface area contributed by atoms with E-state index >= 15 is 0 Å². The van der Waals surface area contributed by atoms with Crippen molar-refractivity contribution in [1.29, 1.82) is 0 Å². The topological polar surface area (TPSA) is 36.9 Å². The van der Waals surface area contributed by atoms with Gasteiger partial charge in [0, 0.05) is 0 Å². The van der Waals surface area contributed by atoms with Gasteiger partial charge in [0.05, 0.1) is 13.2 Å². The molecule has 0 unspecified atom stereocenters. The third-order valence-corrected chi connectivity index (χ3v) is 4.76. The van der Waals surface area contributed by atoms with E-state index in [0.29, 0.717) is 13.2 Å². The van der Waals surface area contributed by atoms with Crippen LogP contribution in [0.15, 0.2) is 84.9 Å². The molecule has 154 valence electrons. The van der Waals surface area contributed by atoms with Crippen molar-refractivity contribution in [3.05, 3.63) is 102 Å². The number of rotatable bonds is 10. The standard InChI is InChI=1S/C22H23O4P.C2H6/c1-19-12-14-22(15-13-19)23-18-26-27(24-16-20-8-4-2-5-9-20)25-17-21-10-6-3-7-11-21;1-2/h2-15H,16-18H2,1H3;1-2H3. The Morgan fingerprint density at radius 1 is 0.621 bits per heavy atom. The minimum Gasteiger partial charge on any atom is -0.467 e. The lowest BCUT2D eigenvalue weighted by Crippen LogP contribution is -2.03. The monoisotopic (exact) mass is 412 g/mol. The second-order valence-electron chi connectivity index (χ2n) is 5.95. The van der Waals surface area contributed by atoms with E-state index in [1.807, 2.05) is 106 Å². The van der Waals surface area contributed by atoms with Crippen LogP contribution in [0.2, 0.25) is 0 Å². The quantitative estimate of drug-likeness (QED) is 0.264. The molecule has 0 spiro atoms. The van der Waals surface area contributed by atoms with Crippen LogP contribution in [0.25, 0.3) is 0 Å². The summed E-state index contributed by atoms with van der Waals surface area (Å²) in [6.07, 6.45) is 0. The van der Waals surface area contributed by atoms with Crippen molar-refractivity contribution in [3.8, 4) is 5.75 Å². The fraction of sp³-hybridized carbons (Fsp3) is 0.250. The van der Waals surface area contributed by atoms with Crippen LogP contribution in [0.3, 0.4) is 0 Å². The summed E-state index contributed by atoms with van der Waals surface area (Å²) in [6, 6.07) is 27.7. The molecule has 0 N–H and O–H groups in total. The van der Waals surface area contributed by atoms with Gasteiger partial charge in [0.25, 0.3) is 0 Å². The van der Waals surface area contributed by atoms with E-state index in [1.165, 1.54) is 5.56 Å². The van der Waals surface area contributed by atoms with E-state index in [-0.39, 0.29) is 6.79 Å². The molecular weight excluding hydrogens is 383 g/mol. The smallest absolute Gasteiger partial charge is 0.336 e. The Labute approximate surface area is 175 Å². The molecule has 0 bridgehead atoms. The van der Waals surface area contributed by atoms with Crippen molar-refractivity contribution in [3.63, 3.8) is 0 Å². The number of hydrogen-bond donors (Lipinski definition) is 0.